The molecule has 3 rings (SSSR count). The monoisotopic (exact) mass is 359 g/mol. The minimum atomic E-state index is -0.432. The van der Waals surface area contributed by atoms with E-state index < -0.39 is 6.04 Å². The molecule has 0 spiro atoms. The third-order valence-electron chi connectivity index (χ3n) is 5.08. The molecule has 6 heteroatoms. The molecule has 0 aliphatic carbocycles. The van der Waals surface area contributed by atoms with E-state index in [-0.39, 0.29) is 11.8 Å². The molecule has 142 valence electrons. The van der Waals surface area contributed by atoms with Crippen molar-refractivity contribution in [2.45, 2.75) is 38.6 Å². The normalized spacial score (nSPS) is 20.3. The summed E-state index contributed by atoms with van der Waals surface area (Å²) in [7, 11) is 0. The Hall–Kier alpha value is -2.08. The van der Waals surface area contributed by atoms with Crippen LogP contribution < -0.4 is 10.1 Å². The summed E-state index contributed by atoms with van der Waals surface area (Å²) in [6.45, 7) is 6.05. The maximum Gasteiger partial charge on any atom is 0.258 e. The first-order chi connectivity index (χ1) is 12.7. The van der Waals surface area contributed by atoms with E-state index >= 15 is 0 Å². The van der Waals surface area contributed by atoms with Crippen LogP contribution in [-0.2, 0) is 4.79 Å². The van der Waals surface area contributed by atoms with Gasteiger partial charge in [-0.25, -0.2) is 0 Å². The summed E-state index contributed by atoms with van der Waals surface area (Å²) in [6, 6.07) is 6.92. The van der Waals surface area contributed by atoms with Gasteiger partial charge in [0.1, 0.15) is 11.8 Å². The van der Waals surface area contributed by atoms with Gasteiger partial charge in [-0.2, -0.15) is 0 Å². The van der Waals surface area contributed by atoms with Crippen molar-refractivity contribution < 1.29 is 14.3 Å². The Bertz CT molecular complexity index is 628. The van der Waals surface area contributed by atoms with Crippen LogP contribution in [0, 0.1) is 0 Å². The van der Waals surface area contributed by atoms with E-state index in [1.165, 1.54) is 0 Å². The predicted octanol–water partition coefficient (Wildman–Crippen LogP) is 1.90. The molecule has 2 aliphatic rings. The zero-order valence-corrected chi connectivity index (χ0v) is 15.6. The minimum Gasteiger partial charge on any atom is -0.493 e. The highest BCUT2D eigenvalue weighted by Crippen LogP contribution is 2.23. The van der Waals surface area contributed by atoms with E-state index in [4.69, 9.17) is 4.74 Å². The van der Waals surface area contributed by atoms with Crippen LogP contribution in [-0.4, -0.2) is 67.0 Å². The Morgan fingerprint density at radius 3 is 2.73 bits per heavy atom. The van der Waals surface area contributed by atoms with E-state index in [2.05, 4.69) is 12.2 Å². The standard InChI is InChI=1S/C20H29N3O3/c1-2-3-14-26-18-9-5-4-8-16(18)19(24)23-13-10-21-15-17(23)20(25)22-11-6-7-12-22/h4-5,8-9,17,21H,2-3,6-7,10-15H2,1H3. The van der Waals surface area contributed by atoms with Gasteiger partial charge < -0.3 is 19.9 Å². The third kappa shape index (κ3) is 4.18. The van der Waals surface area contributed by atoms with Gasteiger partial charge in [-0.05, 0) is 31.4 Å². The van der Waals surface area contributed by atoms with Gasteiger partial charge in [-0.3, -0.25) is 9.59 Å². The van der Waals surface area contributed by atoms with Crippen LogP contribution in [0.15, 0.2) is 24.3 Å². The molecule has 0 saturated carbocycles. The number of nitrogens with one attached hydrogen (secondary N) is 1. The number of carbonyl (C=O) groups excluding carboxylic acids is 2. The van der Waals surface area contributed by atoms with Gasteiger partial charge in [0.2, 0.25) is 5.91 Å². The van der Waals surface area contributed by atoms with Gasteiger partial charge in [-0.1, -0.05) is 25.5 Å². The number of rotatable bonds is 6. The van der Waals surface area contributed by atoms with Crippen molar-refractivity contribution in [3.63, 3.8) is 0 Å². The molecule has 2 heterocycles. The fourth-order valence-corrected chi connectivity index (χ4v) is 3.57. The number of benzene rings is 1. The molecule has 0 aromatic heterocycles. The number of carbonyl (C=O) groups is 2. The summed E-state index contributed by atoms with van der Waals surface area (Å²) in [4.78, 5) is 29.7. The molecule has 1 N–H and O–H groups in total. The number of ether oxygens (including phenoxy) is 1. The van der Waals surface area contributed by atoms with Gasteiger partial charge in [-0.15, -0.1) is 0 Å². The maximum absolute atomic E-state index is 13.2. The lowest BCUT2D eigenvalue weighted by Gasteiger charge is -2.37. The van der Waals surface area contributed by atoms with Crippen LogP contribution in [0.3, 0.4) is 0 Å². The topological polar surface area (TPSA) is 61.9 Å². The number of likely N-dealkylation sites (tertiary alicyclic amines) is 1. The number of hydrogen-bond donors (Lipinski definition) is 1. The lowest BCUT2D eigenvalue weighted by Crippen LogP contribution is -2.59. The molecule has 1 unspecified atom stereocenters. The van der Waals surface area contributed by atoms with Gasteiger partial charge in [0.25, 0.3) is 5.91 Å². The second-order valence-electron chi connectivity index (χ2n) is 6.95. The Labute approximate surface area is 155 Å². The Balaban J connectivity index is 1.77. The zero-order valence-electron chi connectivity index (χ0n) is 15.6. The van der Waals surface area contributed by atoms with Crippen LogP contribution >= 0.6 is 0 Å². The van der Waals surface area contributed by atoms with Crippen LogP contribution in [0.1, 0.15) is 43.0 Å². The highest BCUT2D eigenvalue weighted by molar-refractivity contribution is 6.00. The number of piperazine rings is 1. The summed E-state index contributed by atoms with van der Waals surface area (Å²) >= 11 is 0. The Morgan fingerprint density at radius 2 is 1.96 bits per heavy atom. The summed E-state index contributed by atoms with van der Waals surface area (Å²) < 4.78 is 5.83. The summed E-state index contributed by atoms with van der Waals surface area (Å²) in [6.07, 6.45) is 4.09. The summed E-state index contributed by atoms with van der Waals surface area (Å²) in [5.74, 6) is 0.556. The fourth-order valence-electron chi connectivity index (χ4n) is 3.57. The molecule has 2 amide bonds. The smallest absolute Gasteiger partial charge is 0.258 e. The van der Waals surface area contributed by atoms with Gasteiger partial charge in [0.05, 0.1) is 12.2 Å². The number of amides is 2. The molecule has 1 atom stereocenters. The lowest BCUT2D eigenvalue weighted by atomic mass is 10.1. The van der Waals surface area contributed by atoms with Crippen molar-refractivity contribution in [1.82, 2.24) is 15.1 Å². The molecular formula is C20H29N3O3. The molecule has 1 aromatic carbocycles. The van der Waals surface area contributed by atoms with Crippen molar-refractivity contribution in [2.75, 3.05) is 39.3 Å². The van der Waals surface area contributed by atoms with E-state index in [1.807, 2.05) is 23.1 Å². The van der Waals surface area contributed by atoms with Gasteiger partial charge >= 0.3 is 0 Å². The molecule has 1 aromatic rings. The van der Waals surface area contributed by atoms with Crippen molar-refractivity contribution in [3.8, 4) is 5.75 Å². The van der Waals surface area contributed by atoms with Gasteiger partial charge in [0.15, 0.2) is 0 Å². The SMILES string of the molecule is CCCCOc1ccccc1C(=O)N1CCNCC1C(=O)N1CCCC1. The van der Waals surface area contributed by atoms with Crippen molar-refractivity contribution >= 4 is 11.8 Å². The first-order valence-electron chi connectivity index (χ1n) is 9.74. The van der Waals surface area contributed by atoms with E-state index in [1.54, 1.807) is 11.0 Å². The van der Waals surface area contributed by atoms with Crippen molar-refractivity contribution in [1.29, 1.82) is 0 Å². The number of nitrogens with zero attached hydrogens (tertiary/aromatic N) is 2. The van der Waals surface area contributed by atoms with Crippen LogP contribution in [0.5, 0.6) is 5.75 Å². The first kappa shape index (κ1) is 18.7. The highest BCUT2D eigenvalue weighted by Gasteiger charge is 2.36. The minimum absolute atomic E-state index is 0.0624. The zero-order chi connectivity index (χ0) is 18.4. The quantitative estimate of drug-likeness (QED) is 0.788. The average Bonchev–Trinajstić information content (AvgIpc) is 3.22. The van der Waals surface area contributed by atoms with Crippen LogP contribution in [0.2, 0.25) is 0 Å². The third-order valence-corrected chi connectivity index (χ3v) is 5.08. The average molecular weight is 359 g/mol. The van der Waals surface area contributed by atoms with Crippen LogP contribution in [0.25, 0.3) is 0 Å². The first-order valence-corrected chi connectivity index (χ1v) is 9.74. The molecular weight excluding hydrogens is 330 g/mol. The number of hydrogen-bond acceptors (Lipinski definition) is 4. The van der Waals surface area contributed by atoms with E-state index in [0.29, 0.717) is 37.6 Å². The lowest BCUT2D eigenvalue weighted by molar-refractivity contribution is -0.135. The second-order valence-corrected chi connectivity index (χ2v) is 6.95. The molecule has 26 heavy (non-hydrogen) atoms. The van der Waals surface area contributed by atoms with Crippen molar-refractivity contribution in [2.24, 2.45) is 0 Å². The number of unbranched alkanes of at least 4 members (excludes halogenated alkanes) is 1. The molecule has 6 nitrogen and oxygen atoms in total. The number of para-hydroxylation sites is 1. The van der Waals surface area contributed by atoms with Crippen molar-refractivity contribution in [3.05, 3.63) is 29.8 Å². The fraction of sp³-hybridized carbons (Fsp3) is 0.600. The van der Waals surface area contributed by atoms with Crippen LogP contribution in [0.4, 0.5) is 0 Å². The van der Waals surface area contributed by atoms with E-state index in [0.717, 1.165) is 38.8 Å². The molecule has 2 saturated heterocycles. The molecule has 2 aliphatic heterocycles. The van der Waals surface area contributed by atoms with Gasteiger partial charge in [0, 0.05) is 32.7 Å². The molecule has 2 fully saturated rings. The predicted molar refractivity (Wildman–Crippen MR) is 100 cm³/mol. The largest absolute Gasteiger partial charge is 0.493 e. The van der Waals surface area contributed by atoms with E-state index in [9.17, 15) is 9.59 Å². The molecule has 0 radical (unpaired) electrons. The molecule has 0 bridgehead atoms. The Morgan fingerprint density at radius 1 is 1.19 bits per heavy atom. The second kappa shape index (κ2) is 9.03. The maximum atomic E-state index is 13.2. The highest BCUT2D eigenvalue weighted by atomic mass is 16.5. The summed E-state index contributed by atoms with van der Waals surface area (Å²) in [5, 5.41) is 3.26. The Kier molecular flexibility index (Phi) is 6.50. The summed E-state index contributed by atoms with van der Waals surface area (Å²) in [5.41, 5.74) is 0.546.